The predicted octanol–water partition coefficient (Wildman–Crippen LogP) is 3.71. The predicted molar refractivity (Wildman–Crippen MR) is 135 cm³/mol. The van der Waals surface area contributed by atoms with Crippen molar-refractivity contribution in [2.24, 2.45) is 0 Å². The third kappa shape index (κ3) is 7.25. The van der Waals surface area contributed by atoms with Crippen molar-refractivity contribution in [1.29, 1.82) is 0 Å². The summed E-state index contributed by atoms with van der Waals surface area (Å²) in [5.41, 5.74) is 0.818. The third-order valence-corrected chi connectivity index (χ3v) is 6.92. The number of carbonyl (C=O) groups excluding carboxylic acids is 2. The molecule has 1 atom stereocenters. The van der Waals surface area contributed by atoms with Crippen LogP contribution in [0.3, 0.4) is 0 Å². The number of nitrogens with zero attached hydrogens (tertiary/aromatic N) is 2. The number of methoxy groups -OCH3 is 1. The Morgan fingerprint density at radius 3 is 2.21 bits per heavy atom. The molecule has 1 N–H and O–H groups in total. The van der Waals surface area contributed by atoms with Crippen LogP contribution in [0.25, 0.3) is 0 Å². The first-order chi connectivity index (χ1) is 15.8. The summed E-state index contributed by atoms with van der Waals surface area (Å²) in [5.74, 6) is -0.293. The van der Waals surface area contributed by atoms with E-state index < -0.39 is 28.5 Å². The smallest absolute Gasteiger partial charge is 0.244 e. The van der Waals surface area contributed by atoms with E-state index in [1.54, 1.807) is 44.4 Å². The quantitative estimate of drug-likeness (QED) is 0.506. The van der Waals surface area contributed by atoms with Crippen molar-refractivity contribution in [2.45, 2.75) is 39.4 Å². The normalized spacial score (nSPS) is 12.2. The van der Waals surface area contributed by atoms with E-state index in [-0.39, 0.29) is 34.2 Å². The number of amides is 2. The van der Waals surface area contributed by atoms with Gasteiger partial charge in [-0.1, -0.05) is 41.4 Å². The Hall–Kier alpha value is -2.49. The van der Waals surface area contributed by atoms with Gasteiger partial charge in [0.25, 0.3) is 0 Å². The molecule has 2 amide bonds. The molecule has 2 aromatic rings. The number of ether oxygens (including phenoxy) is 1. The zero-order chi connectivity index (χ0) is 25.6. The standard InChI is InChI=1S/C23H29Cl2N3O5S/c1-15(2)26-23(30)16(3)27(13-17-9-11-18(33-4)12-10-17)21(29)14-28(34(5,31)32)20-8-6-7-19(24)22(20)25/h6-12,15-16H,13-14H2,1-5H3,(H,26,30)/t16-/m1/s1. The molecule has 186 valence electrons. The molecule has 2 aromatic carbocycles. The minimum absolute atomic E-state index is 0.00898. The van der Waals surface area contributed by atoms with Gasteiger partial charge >= 0.3 is 0 Å². The van der Waals surface area contributed by atoms with Crippen LogP contribution in [0.15, 0.2) is 42.5 Å². The number of sulfonamides is 1. The van der Waals surface area contributed by atoms with Crippen molar-refractivity contribution in [2.75, 3.05) is 24.2 Å². The lowest BCUT2D eigenvalue weighted by Gasteiger charge is -2.32. The maximum atomic E-state index is 13.5. The molecule has 0 bridgehead atoms. The lowest BCUT2D eigenvalue weighted by atomic mass is 10.1. The van der Waals surface area contributed by atoms with Crippen molar-refractivity contribution >= 4 is 50.7 Å². The van der Waals surface area contributed by atoms with Gasteiger partial charge in [0.05, 0.1) is 29.1 Å². The fourth-order valence-electron chi connectivity index (χ4n) is 3.20. The molecule has 0 unspecified atom stereocenters. The van der Waals surface area contributed by atoms with Gasteiger partial charge in [0, 0.05) is 12.6 Å². The van der Waals surface area contributed by atoms with Gasteiger partial charge in [-0.3, -0.25) is 13.9 Å². The van der Waals surface area contributed by atoms with Crippen LogP contribution >= 0.6 is 23.2 Å². The molecule has 0 saturated heterocycles. The highest BCUT2D eigenvalue weighted by atomic mass is 35.5. The molecule has 11 heteroatoms. The van der Waals surface area contributed by atoms with Crippen LogP contribution in [-0.4, -0.2) is 57.1 Å². The SMILES string of the molecule is COc1ccc(CN(C(=O)CN(c2cccc(Cl)c2Cl)S(C)(=O)=O)[C@H](C)C(=O)NC(C)C)cc1. The second kappa shape index (κ2) is 11.8. The lowest BCUT2D eigenvalue weighted by Crippen LogP contribution is -2.52. The summed E-state index contributed by atoms with van der Waals surface area (Å²) in [6.07, 6.45) is 0.972. The number of anilines is 1. The molecule has 0 aliphatic carbocycles. The van der Waals surface area contributed by atoms with Crippen LogP contribution in [0.4, 0.5) is 5.69 Å². The van der Waals surface area contributed by atoms with Crippen molar-refractivity contribution in [3.63, 3.8) is 0 Å². The van der Waals surface area contributed by atoms with Crippen LogP contribution in [0, 0.1) is 0 Å². The fraction of sp³-hybridized carbons (Fsp3) is 0.391. The highest BCUT2D eigenvalue weighted by Crippen LogP contribution is 2.33. The number of nitrogens with one attached hydrogen (secondary N) is 1. The van der Waals surface area contributed by atoms with E-state index in [2.05, 4.69) is 5.32 Å². The largest absolute Gasteiger partial charge is 0.497 e. The Morgan fingerprint density at radius 2 is 1.68 bits per heavy atom. The average molecular weight is 530 g/mol. The highest BCUT2D eigenvalue weighted by Gasteiger charge is 2.31. The number of hydrogen-bond donors (Lipinski definition) is 1. The van der Waals surface area contributed by atoms with E-state index in [0.717, 1.165) is 16.1 Å². The molecule has 34 heavy (non-hydrogen) atoms. The number of carbonyl (C=O) groups is 2. The molecule has 0 heterocycles. The van der Waals surface area contributed by atoms with Gasteiger partial charge in [0.1, 0.15) is 18.3 Å². The second-order valence-electron chi connectivity index (χ2n) is 8.05. The van der Waals surface area contributed by atoms with Crippen LogP contribution in [-0.2, 0) is 26.2 Å². The number of halogens is 2. The molecule has 0 aliphatic heterocycles. The van der Waals surface area contributed by atoms with Crippen LogP contribution in [0.2, 0.25) is 10.0 Å². The van der Waals surface area contributed by atoms with Gasteiger partial charge in [-0.15, -0.1) is 0 Å². The molecule has 0 spiro atoms. The Labute approximate surface area is 210 Å². The molecule has 0 aliphatic rings. The summed E-state index contributed by atoms with van der Waals surface area (Å²) in [7, 11) is -2.36. The molecular formula is C23H29Cl2N3O5S. The summed E-state index contributed by atoms with van der Waals surface area (Å²) in [5, 5.41) is 2.95. The molecule has 0 aromatic heterocycles. The topological polar surface area (TPSA) is 96.0 Å². The molecular weight excluding hydrogens is 501 g/mol. The van der Waals surface area contributed by atoms with Gasteiger partial charge in [-0.05, 0) is 50.6 Å². The van der Waals surface area contributed by atoms with E-state index in [9.17, 15) is 18.0 Å². The van der Waals surface area contributed by atoms with Gasteiger partial charge in [0.15, 0.2) is 0 Å². The Morgan fingerprint density at radius 1 is 1.06 bits per heavy atom. The van der Waals surface area contributed by atoms with Gasteiger partial charge in [-0.2, -0.15) is 0 Å². The van der Waals surface area contributed by atoms with E-state index in [1.807, 2.05) is 13.8 Å². The molecule has 0 radical (unpaired) electrons. The van der Waals surface area contributed by atoms with Gasteiger partial charge in [0.2, 0.25) is 21.8 Å². The number of rotatable bonds is 10. The van der Waals surface area contributed by atoms with Crippen molar-refractivity contribution in [3.8, 4) is 5.75 Å². The van der Waals surface area contributed by atoms with E-state index in [1.165, 1.54) is 17.0 Å². The highest BCUT2D eigenvalue weighted by molar-refractivity contribution is 7.92. The minimum Gasteiger partial charge on any atom is -0.497 e. The number of hydrogen-bond acceptors (Lipinski definition) is 5. The summed E-state index contributed by atoms with van der Waals surface area (Å²) < 4.78 is 31.2. The maximum absolute atomic E-state index is 13.5. The van der Waals surface area contributed by atoms with E-state index in [0.29, 0.717) is 5.75 Å². The summed E-state index contributed by atoms with van der Waals surface area (Å²) in [6.45, 7) is 4.74. The molecule has 2 rings (SSSR count). The van der Waals surface area contributed by atoms with Crippen molar-refractivity contribution in [3.05, 3.63) is 58.1 Å². The molecule has 0 saturated carbocycles. The van der Waals surface area contributed by atoms with Crippen molar-refractivity contribution < 1.29 is 22.7 Å². The van der Waals surface area contributed by atoms with Crippen LogP contribution in [0.1, 0.15) is 26.3 Å². The van der Waals surface area contributed by atoms with Gasteiger partial charge < -0.3 is 15.0 Å². The molecule has 0 fully saturated rings. The van der Waals surface area contributed by atoms with Crippen molar-refractivity contribution in [1.82, 2.24) is 10.2 Å². The second-order valence-corrected chi connectivity index (χ2v) is 10.7. The van der Waals surface area contributed by atoms with Gasteiger partial charge in [-0.25, -0.2) is 8.42 Å². The fourth-order valence-corrected chi connectivity index (χ4v) is 4.50. The maximum Gasteiger partial charge on any atom is 0.244 e. The van der Waals surface area contributed by atoms with Crippen LogP contribution < -0.4 is 14.4 Å². The zero-order valence-corrected chi connectivity index (χ0v) is 22.0. The first-order valence-electron chi connectivity index (χ1n) is 10.5. The minimum atomic E-state index is -3.91. The van der Waals surface area contributed by atoms with E-state index in [4.69, 9.17) is 27.9 Å². The summed E-state index contributed by atoms with van der Waals surface area (Å²) in [6, 6.07) is 10.5. The Balaban J connectivity index is 2.42. The Bertz CT molecular complexity index is 1120. The Kier molecular flexibility index (Phi) is 9.61. The summed E-state index contributed by atoms with van der Waals surface area (Å²) >= 11 is 12.3. The zero-order valence-electron chi connectivity index (χ0n) is 19.7. The lowest BCUT2D eigenvalue weighted by molar-refractivity contribution is -0.139. The molecule has 8 nitrogen and oxygen atoms in total. The van der Waals surface area contributed by atoms with Crippen LogP contribution in [0.5, 0.6) is 5.75 Å². The number of benzene rings is 2. The first kappa shape index (κ1) is 27.8. The summed E-state index contributed by atoms with van der Waals surface area (Å²) in [4.78, 5) is 27.5. The first-order valence-corrected chi connectivity index (χ1v) is 13.1. The average Bonchev–Trinajstić information content (AvgIpc) is 2.76. The third-order valence-electron chi connectivity index (χ3n) is 4.99. The van der Waals surface area contributed by atoms with E-state index >= 15 is 0 Å². The monoisotopic (exact) mass is 529 g/mol.